The van der Waals surface area contributed by atoms with E-state index in [1.54, 1.807) is 18.1 Å². The Kier molecular flexibility index (Phi) is 4.18. The molecule has 0 bridgehead atoms. The summed E-state index contributed by atoms with van der Waals surface area (Å²) in [4.78, 5) is 13.7. The van der Waals surface area contributed by atoms with Crippen LogP contribution in [0.3, 0.4) is 0 Å². The van der Waals surface area contributed by atoms with E-state index in [0.29, 0.717) is 18.7 Å². The first-order chi connectivity index (χ1) is 9.20. The molecule has 0 spiro atoms. The molecular formula is C14H17N3O2. The highest BCUT2D eigenvalue weighted by atomic mass is 16.5. The average molecular weight is 259 g/mol. The number of carbonyl (C=O) groups is 1. The van der Waals surface area contributed by atoms with Gasteiger partial charge < -0.3 is 9.64 Å². The number of aromatic amines is 1. The highest BCUT2D eigenvalue weighted by Gasteiger charge is 2.12. The quantitative estimate of drug-likeness (QED) is 0.894. The molecular weight excluding hydrogens is 242 g/mol. The first kappa shape index (κ1) is 13.1. The van der Waals surface area contributed by atoms with Crippen molar-refractivity contribution in [3.63, 3.8) is 0 Å². The molecule has 1 aromatic carbocycles. The van der Waals surface area contributed by atoms with E-state index in [2.05, 4.69) is 10.2 Å². The summed E-state index contributed by atoms with van der Waals surface area (Å²) in [6.45, 7) is 3.15. The number of amides is 1. The molecule has 2 aromatic rings. The minimum atomic E-state index is -0.0531. The summed E-state index contributed by atoms with van der Waals surface area (Å²) in [5.41, 5.74) is 1.62. The van der Waals surface area contributed by atoms with Gasteiger partial charge in [0.15, 0.2) is 0 Å². The first-order valence-electron chi connectivity index (χ1n) is 6.16. The molecule has 0 saturated heterocycles. The molecule has 0 unspecified atom stereocenters. The van der Waals surface area contributed by atoms with Gasteiger partial charge in [0.2, 0.25) is 0 Å². The predicted molar refractivity (Wildman–Crippen MR) is 72.0 cm³/mol. The van der Waals surface area contributed by atoms with Gasteiger partial charge in [-0.05, 0) is 24.6 Å². The fourth-order valence-corrected chi connectivity index (χ4v) is 1.79. The van der Waals surface area contributed by atoms with Crippen molar-refractivity contribution >= 4 is 5.91 Å². The Morgan fingerprint density at radius 1 is 1.37 bits per heavy atom. The van der Waals surface area contributed by atoms with Crippen molar-refractivity contribution in [1.82, 2.24) is 15.1 Å². The van der Waals surface area contributed by atoms with Crippen LogP contribution in [-0.2, 0) is 6.54 Å². The largest absolute Gasteiger partial charge is 0.494 e. The van der Waals surface area contributed by atoms with Crippen LogP contribution in [0.2, 0.25) is 0 Å². The lowest BCUT2D eigenvalue weighted by atomic mass is 10.2. The normalized spacial score (nSPS) is 10.2. The minimum Gasteiger partial charge on any atom is -0.494 e. The maximum absolute atomic E-state index is 12.0. The summed E-state index contributed by atoms with van der Waals surface area (Å²) in [6, 6.07) is 7.75. The zero-order valence-electron chi connectivity index (χ0n) is 11.1. The number of hydrogen-bond donors (Lipinski definition) is 1. The van der Waals surface area contributed by atoms with E-state index >= 15 is 0 Å². The van der Waals surface area contributed by atoms with Crippen LogP contribution < -0.4 is 4.74 Å². The average Bonchev–Trinajstić information content (AvgIpc) is 2.94. The van der Waals surface area contributed by atoms with Crippen LogP contribution >= 0.6 is 0 Å². The lowest BCUT2D eigenvalue weighted by Crippen LogP contribution is -2.25. The molecule has 1 aromatic heterocycles. The molecule has 19 heavy (non-hydrogen) atoms. The molecule has 0 fully saturated rings. The number of hydrogen-bond acceptors (Lipinski definition) is 3. The summed E-state index contributed by atoms with van der Waals surface area (Å²) in [5, 5.41) is 6.41. The number of carbonyl (C=O) groups excluding carboxylic acids is 1. The van der Waals surface area contributed by atoms with E-state index in [9.17, 15) is 4.79 Å². The van der Waals surface area contributed by atoms with E-state index < -0.39 is 0 Å². The molecule has 1 N–H and O–H groups in total. The van der Waals surface area contributed by atoms with Gasteiger partial charge in [0.05, 0.1) is 18.4 Å². The Hall–Kier alpha value is -2.30. The Labute approximate surface area is 112 Å². The van der Waals surface area contributed by atoms with Gasteiger partial charge in [-0.3, -0.25) is 9.89 Å². The van der Waals surface area contributed by atoms with Crippen molar-refractivity contribution in [2.24, 2.45) is 0 Å². The Morgan fingerprint density at radius 2 is 2.11 bits per heavy atom. The Bertz CT molecular complexity index is 520. The smallest absolute Gasteiger partial charge is 0.257 e. The van der Waals surface area contributed by atoms with Crippen molar-refractivity contribution in [1.29, 1.82) is 0 Å². The maximum Gasteiger partial charge on any atom is 0.257 e. The van der Waals surface area contributed by atoms with Gasteiger partial charge in [-0.2, -0.15) is 5.10 Å². The van der Waals surface area contributed by atoms with E-state index in [1.165, 1.54) is 6.20 Å². The highest BCUT2D eigenvalue weighted by Crippen LogP contribution is 2.14. The first-order valence-corrected chi connectivity index (χ1v) is 6.16. The zero-order valence-corrected chi connectivity index (χ0v) is 11.1. The Morgan fingerprint density at radius 3 is 2.68 bits per heavy atom. The molecule has 0 aliphatic rings. The van der Waals surface area contributed by atoms with Crippen LogP contribution in [-0.4, -0.2) is 34.7 Å². The summed E-state index contributed by atoms with van der Waals surface area (Å²) < 4.78 is 5.38. The molecule has 0 saturated carbocycles. The third-order valence-corrected chi connectivity index (χ3v) is 2.75. The van der Waals surface area contributed by atoms with Gasteiger partial charge >= 0.3 is 0 Å². The van der Waals surface area contributed by atoms with Crippen molar-refractivity contribution in [2.75, 3.05) is 13.7 Å². The molecule has 0 radical (unpaired) electrons. The maximum atomic E-state index is 12.0. The van der Waals surface area contributed by atoms with Crippen LogP contribution in [0.4, 0.5) is 0 Å². The summed E-state index contributed by atoms with van der Waals surface area (Å²) in [7, 11) is 1.77. The van der Waals surface area contributed by atoms with Crippen molar-refractivity contribution in [3.05, 3.63) is 47.8 Å². The number of ether oxygens (including phenoxy) is 1. The standard InChI is InChI=1S/C14H17N3O2/c1-3-19-13-6-4-11(5-7-13)10-17(2)14(18)12-8-15-16-9-12/h4-9H,3,10H2,1-2H3,(H,15,16). The lowest BCUT2D eigenvalue weighted by molar-refractivity contribution is 0.0785. The van der Waals surface area contributed by atoms with Gasteiger partial charge in [0.25, 0.3) is 5.91 Å². The van der Waals surface area contributed by atoms with Crippen molar-refractivity contribution in [3.8, 4) is 5.75 Å². The number of H-pyrrole nitrogens is 1. The van der Waals surface area contributed by atoms with Crippen LogP contribution in [0.1, 0.15) is 22.8 Å². The molecule has 2 rings (SSSR count). The number of aromatic nitrogens is 2. The molecule has 1 heterocycles. The monoisotopic (exact) mass is 259 g/mol. The van der Waals surface area contributed by atoms with Gasteiger partial charge in [0, 0.05) is 19.8 Å². The minimum absolute atomic E-state index is 0.0531. The molecule has 1 amide bonds. The second kappa shape index (κ2) is 6.04. The Balaban J connectivity index is 1.98. The molecule has 5 nitrogen and oxygen atoms in total. The predicted octanol–water partition coefficient (Wildman–Crippen LogP) is 2.08. The SMILES string of the molecule is CCOc1ccc(CN(C)C(=O)c2cn[nH]c2)cc1. The topological polar surface area (TPSA) is 58.2 Å². The van der Waals surface area contributed by atoms with Gasteiger partial charge in [-0.25, -0.2) is 0 Å². The van der Waals surface area contributed by atoms with E-state index in [4.69, 9.17) is 4.74 Å². The van der Waals surface area contributed by atoms with Crippen molar-refractivity contribution in [2.45, 2.75) is 13.5 Å². The second-order valence-electron chi connectivity index (χ2n) is 4.23. The molecule has 100 valence electrons. The highest BCUT2D eigenvalue weighted by molar-refractivity contribution is 5.93. The van der Waals surface area contributed by atoms with E-state index in [1.807, 2.05) is 31.2 Å². The fourth-order valence-electron chi connectivity index (χ4n) is 1.79. The number of rotatable bonds is 5. The molecule has 0 atom stereocenters. The van der Waals surface area contributed by atoms with Crippen molar-refractivity contribution < 1.29 is 9.53 Å². The summed E-state index contributed by atoms with van der Waals surface area (Å²) in [5.74, 6) is 0.790. The van der Waals surface area contributed by atoms with E-state index in [0.717, 1.165) is 11.3 Å². The summed E-state index contributed by atoms with van der Waals surface area (Å²) in [6.07, 6.45) is 3.12. The number of benzene rings is 1. The molecule has 0 aliphatic heterocycles. The van der Waals surface area contributed by atoms with Gasteiger partial charge in [-0.1, -0.05) is 12.1 Å². The van der Waals surface area contributed by atoms with Crippen LogP contribution in [0.15, 0.2) is 36.7 Å². The van der Waals surface area contributed by atoms with Gasteiger partial charge in [-0.15, -0.1) is 0 Å². The molecule has 5 heteroatoms. The number of nitrogens with one attached hydrogen (secondary N) is 1. The zero-order chi connectivity index (χ0) is 13.7. The molecule has 0 aliphatic carbocycles. The third-order valence-electron chi connectivity index (χ3n) is 2.75. The fraction of sp³-hybridized carbons (Fsp3) is 0.286. The van der Waals surface area contributed by atoms with Gasteiger partial charge in [0.1, 0.15) is 5.75 Å². The number of nitrogens with zero attached hydrogens (tertiary/aromatic N) is 2. The van der Waals surface area contributed by atoms with E-state index in [-0.39, 0.29) is 5.91 Å². The third kappa shape index (κ3) is 3.34. The van der Waals surface area contributed by atoms with Crippen LogP contribution in [0.5, 0.6) is 5.75 Å². The lowest BCUT2D eigenvalue weighted by Gasteiger charge is -2.16. The van der Waals surface area contributed by atoms with Crippen LogP contribution in [0.25, 0.3) is 0 Å². The summed E-state index contributed by atoms with van der Waals surface area (Å²) >= 11 is 0. The second-order valence-corrected chi connectivity index (χ2v) is 4.23. The van der Waals surface area contributed by atoms with Crippen LogP contribution in [0, 0.1) is 0 Å².